The van der Waals surface area contributed by atoms with E-state index in [0.29, 0.717) is 6.42 Å². The van der Waals surface area contributed by atoms with E-state index in [0.717, 1.165) is 0 Å². The van der Waals surface area contributed by atoms with E-state index in [-0.39, 0.29) is 0 Å². The van der Waals surface area contributed by atoms with Crippen molar-refractivity contribution in [1.82, 2.24) is 0 Å². The lowest BCUT2D eigenvalue weighted by Gasteiger charge is -2.12. The number of aliphatic hydroxyl groups excluding tert-OH is 3. The first-order chi connectivity index (χ1) is 4.22. The molecule has 0 aliphatic carbocycles. The summed E-state index contributed by atoms with van der Waals surface area (Å²) in [5.74, 6) is 0. The zero-order valence-electron chi connectivity index (χ0n) is 5.20. The van der Waals surface area contributed by atoms with E-state index in [1.165, 1.54) is 6.08 Å². The Kier molecular flexibility index (Phi) is 4.30. The average molecular weight is 132 g/mol. The lowest BCUT2D eigenvalue weighted by atomic mass is 10.1. The minimum Gasteiger partial charge on any atom is -0.394 e. The molecule has 3 nitrogen and oxygen atoms in total. The van der Waals surface area contributed by atoms with Gasteiger partial charge in [-0.05, 0) is 6.42 Å². The summed E-state index contributed by atoms with van der Waals surface area (Å²) in [5.41, 5.74) is 0. The zero-order valence-corrected chi connectivity index (χ0v) is 5.20. The van der Waals surface area contributed by atoms with Crippen LogP contribution in [-0.4, -0.2) is 34.1 Å². The van der Waals surface area contributed by atoms with Gasteiger partial charge in [0.1, 0.15) is 6.10 Å². The molecule has 3 heteroatoms. The number of hydrogen-bond acceptors (Lipinski definition) is 3. The maximum Gasteiger partial charge on any atom is 0.103 e. The highest BCUT2D eigenvalue weighted by Crippen LogP contribution is 1.97. The van der Waals surface area contributed by atoms with Crippen molar-refractivity contribution < 1.29 is 15.3 Å². The fraction of sp³-hybridized carbons (Fsp3) is 0.667. The molecule has 0 aromatic rings. The molecular weight excluding hydrogens is 120 g/mol. The van der Waals surface area contributed by atoms with Gasteiger partial charge < -0.3 is 15.3 Å². The Bertz CT molecular complexity index is 82.4. The second kappa shape index (κ2) is 4.49. The third-order valence-electron chi connectivity index (χ3n) is 1.04. The largest absolute Gasteiger partial charge is 0.394 e. The van der Waals surface area contributed by atoms with Gasteiger partial charge in [0.05, 0.1) is 12.7 Å². The molecule has 0 rings (SSSR count). The molecule has 0 aliphatic rings. The van der Waals surface area contributed by atoms with Crippen LogP contribution in [0.5, 0.6) is 0 Å². The molecular formula is C6H12O3. The van der Waals surface area contributed by atoms with Crippen LogP contribution in [0.25, 0.3) is 0 Å². The van der Waals surface area contributed by atoms with Crippen LogP contribution in [0.3, 0.4) is 0 Å². The molecule has 0 aromatic carbocycles. The smallest absolute Gasteiger partial charge is 0.103 e. The Morgan fingerprint density at radius 1 is 1.33 bits per heavy atom. The molecule has 0 amide bonds. The van der Waals surface area contributed by atoms with E-state index in [1.807, 2.05) is 0 Å². The van der Waals surface area contributed by atoms with Gasteiger partial charge >= 0.3 is 0 Å². The Morgan fingerprint density at radius 3 is 2.22 bits per heavy atom. The predicted octanol–water partition coefficient (Wildman–Crippen LogP) is -0.723. The maximum atomic E-state index is 8.84. The molecule has 0 unspecified atom stereocenters. The third kappa shape index (κ3) is 3.24. The van der Waals surface area contributed by atoms with Crippen molar-refractivity contribution >= 4 is 0 Å². The van der Waals surface area contributed by atoms with E-state index in [4.69, 9.17) is 15.3 Å². The van der Waals surface area contributed by atoms with E-state index in [2.05, 4.69) is 6.58 Å². The summed E-state index contributed by atoms with van der Waals surface area (Å²) >= 11 is 0. The van der Waals surface area contributed by atoms with E-state index in [1.54, 1.807) is 0 Å². The number of hydrogen-bond donors (Lipinski definition) is 3. The van der Waals surface area contributed by atoms with Gasteiger partial charge in [0.2, 0.25) is 0 Å². The molecule has 2 atom stereocenters. The minimum atomic E-state index is -1.04. The van der Waals surface area contributed by atoms with Gasteiger partial charge in [-0.2, -0.15) is 0 Å². The second-order valence-corrected chi connectivity index (χ2v) is 1.84. The predicted molar refractivity (Wildman–Crippen MR) is 33.9 cm³/mol. The fourth-order valence-electron chi connectivity index (χ4n) is 0.450. The summed E-state index contributed by atoms with van der Waals surface area (Å²) in [6.07, 6.45) is -0.124. The third-order valence-corrected chi connectivity index (χ3v) is 1.04. The Morgan fingerprint density at radius 2 is 1.89 bits per heavy atom. The summed E-state index contributed by atoms with van der Waals surface area (Å²) in [7, 11) is 0. The first-order valence-electron chi connectivity index (χ1n) is 2.80. The van der Waals surface area contributed by atoms with Crippen LogP contribution in [0.15, 0.2) is 12.7 Å². The summed E-state index contributed by atoms with van der Waals surface area (Å²) in [5, 5.41) is 25.8. The van der Waals surface area contributed by atoms with Crippen molar-refractivity contribution in [2.24, 2.45) is 0 Å². The molecule has 0 radical (unpaired) electrons. The number of rotatable bonds is 4. The average Bonchev–Trinajstić information content (AvgIpc) is 1.87. The highest BCUT2D eigenvalue weighted by molar-refractivity contribution is 4.76. The van der Waals surface area contributed by atoms with Crippen LogP contribution in [-0.2, 0) is 0 Å². The molecule has 3 N–H and O–H groups in total. The molecule has 0 saturated heterocycles. The topological polar surface area (TPSA) is 60.7 Å². The summed E-state index contributed by atoms with van der Waals surface area (Å²) in [4.78, 5) is 0. The normalized spacial score (nSPS) is 16.8. The molecule has 0 fully saturated rings. The molecule has 0 saturated carbocycles. The SMILES string of the molecule is C=CC[C@H](O)[C@H](O)CO. The second-order valence-electron chi connectivity index (χ2n) is 1.84. The summed E-state index contributed by atoms with van der Waals surface area (Å²) in [6.45, 7) is 2.96. The van der Waals surface area contributed by atoms with Crippen LogP contribution >= 0.6 is 0 Å². The molecule has 9 heavy (non-hydrogen) atoms. The number of aliphatic hydroxyl groups is 3. The van der Waals surface area contributed by atoms with Crippen molar-refractivity contribution in [3.8, 4) is 0 Å². The van der Waals surface area contributed by atoms with Crippen LogP contribution in [0.4, 0.5) is 0 Å². The lowest BCUT2D eigenvalue weighted by Crippen LogP contribution is -2.28. The van der Waals surface area contributed by atoms with Crippen molar-refractivity contribution in [2.45, 2.75) is 18.6 Å². The van der Waals surface area contributed by atoms with Crippen molar-refractivity contribution in [3.63, 3.8) is 0 Å². The van der Waals surface area contributed by atoms with Crippen LogP contribution in [0, 0.1) is 0 Å². The van der Waals surface area contributed by atoms with Gasteiger partial charge in [-0.1, -0.05) is 6.08 Å². The summed E-state index contributed by atoms with van der Waals surface area (Å²) in [6, 6.07) is 0. The minimum absolute atomic E-state index is 0.307. The van der Waals surface area contributed by atoms with Gasteiger partial charge in [-0.15, -0.1) is 6.58 Å². The van der Waals surface area contributed by atoms with Gasteiger partial charge in [-0.25, -0.2) is 0 Å². The monoisotopic (exact) mass is 132 g/mol. The first kappa shape index (κ1) is 8.62. The lowest BCUT2D eigenvalue weighted by molar-refractivity contribution is -0.0119. The molecule has 0 spiro atoms. The van der Waals surface area contributed by atoms with E-state index >= 15 is 0 Å². The maximum absolute atomic E-state index is 8.84. The Hall–Kier alpha value is -0.380. The standard InChI is InChI=1S/C6H12O3/c1-2-3-5(8)6(9)4-7/h2,5-9H,1,3-4H2/t5-,6+/m0/s1. The zero-order chi connectivity index (χ0) is 7.28. The first-order valence-corrected chi connectivity index (χ1v) is 2.80. The molecule has 0 heterocycles. The van der Waals surface area contributed by atoms with E-state index in [9.17, 15) is 0 Å². The van der Waals surface area contributed by atoms with Gasteiger partial charge in [0.25, 0.3) is 0 Å². The highest BCUT2D eigenvalue weighted by Gasteiger charge is 2.11. The highest BCUT2D eigenvalue weighted by atomic mass is 16.4. The quantitative estimate of drug-likeness (QED) is 0.442. The molecule has 54 valence electrons. The summed E-state index contributed by atoms with van der Waals surface area (Å²) < 4.78 is 0. The van der Waals surface area contributed by atoms with Crippen LogP contribution in [0.2, 0.25) is 0 Å². The van der Waals surface area contributed by atoms with Crippen molar-refractivity contribution in [3.05, 3.63) is 12.7 Å². The van der Waals surface area contributed by atoms with Gasteiger partial charge in [0.15, 0.2) is 0 Å². The van der Waals surface area contributed by atoms with Gasteiger partial charge in [-0.3, -0.25) is 0 Å². The molecule has 0 aromatic heterocycles. The Balaban J connectivity index is 3.44. The fourth-order valence-corrected chi connectivity index (χ4v) is 0.450. The van der Waals surface area contributed by atoms with Gasteiger partial charge in [0, 0.05) is 0 Å². The Labute approximate surface area is 54.3 Å². The van der Waals surface area contributed by atoms with Crippen molar-refractivity contribution in [1.29, 1.82) is 0 Å². The van der Waals surface area contributed by atoms with Crippen molar-refractivity contribution in [2.75, 3.05) is 6.61 Å². The molecule has 0 aliphatic heterocycles. The van der Waals surface area contributed by atoms with Crippen LogP contribution in [0.1, 0.15) is 6.42 Å². The van der Waals surface area contributed by atoms with E-state index < -0.39 is 18.8 Å². The van der Waals surface area contributed by atoms with Crippen LogP contribution < -0.4 is 0 Å². The molecule has 0 bridgehead atoms.